The molecule has 3 N–H and O–H groups in total. The van der Waals surface area contributed by atoms with Crippen LogP contribution in [0.1, 0.15) is 172 Å². The molecule has 93 heavy (non-hydrogen) atoms. The number of carbonyl (C=O) groups is 6. The Kier molecular flexibility index (Phi) is 44.3. The van der Waals surface area contributed by atoms with Gasteiger partial charge in [-0.3, -0.25) is 33.8 Å². The molecule has 0 aliphatic heterocycles. The molecule has 17 nitrogen and oxygen atoms in total. The summed E-state index contributed by atoms with van der Waals surface area (Å²) in [5, 5.41) is 8.85. The molecule has 0 fully saturated rings. The highest BCUT2D eigenvalue weighted by Gasteiger charge is 2.21. The Morgan fingerprint density at radius 2 is 0.903 bits per heavy atom. The molecule has 0 radical (unpaired) electrons. The van der Waals surface area contributed by atoms with Crippen LogP contribution in [0, 0.1) is 23.7 Å². The molecule has 4 aromatic carbocycles. The van der Waals surface area contributed by atoms with E-state index in [-0.39, 0.29) is 78.3 Å². The van der Waals surface area contributed by atoms with Crippen LogP contribution in [0.25, 0.3) is 0 Å². The van der Waals surface area contributed by atoms with E-state index in [1.54, 1.807) is 68.4 Å². The third-order valence-electron chi connectivity index (χ3n) is 13.3. The predicted octanol–water partition coefficient (Wildman–Crippen LogP) is 11.8. The minimum atomic E-state index is -3.83. The van der Waals surface area contributed by atoms with Crippen molar-refractivity contribution in [2.45, 2.75) is 139 Å². The van der Waals surface area contributed by atoms with Gasteiger partial charge in [-0.05, 0) is 162 Å². The van der Waals surface area contributed by atoms with Gasteiger partial charge in [0.2, 0.25) is 5.91 Å². The normalized spacial score (nSPS) is 11.8. The van der Waals surface area contributed by atoms with Gasteiger partial charge in [-0.1, -0.05) is 176 Å². The quantitative estimate of drug-likeness (QED) is 0.0143. The van der Waals surface area contributed by atoms with Gasteiger partial charge in [0.25, 0.3) is 12.6 Å². The number of aliphatic carboxylic acids is 1. The molecule has 2 amide bonds. The van der Waals surface area contributed by atoms with Gasteiger partial charge in [-0.2, -0.15) is 13.0 Å². The number of carboxylic acid groups (broad SMARTS) is 1. The van der Waals surface area contributed by atoms with E-state index in [4.69, 9.17) is 48.3 Å². The van der Waals surface area contributed by atoms with E-state index in [0.29, 0.717) is 39.4 Å². The van der Waals surface area contributed by atoms with Gasteiger partial charge in [-0.25, -0.2) is 4.18 Å². The first-order valence-corrected chi connectivity index (χ1v) is 34.8. The van der Waals surface area contributed by atoms with E-state index in [1.165, 1.54) is 33.4 Å². The topological polar surface area (TPSA) is 240 Å². The lowest BCUT2D eigenvalue weighted by Crippen LogP contribution is -3.00. The molecular weight excluding hydrogens is 1500 g/mol. The van der Waals surface area contributed by atoms with Crippen molar-refractivity contribution < 1.29 is 89.2 Å². The lowest BCUT2D eigenvalue weighted by Gasteiger charge is -2.12. The molecule has 0 saturated heterocycles. The summed E-state index contributed by atoms with van der Waals surface area (Å²) in [5.41, 5.74) is 14.9. The van der Waals surface area contributed by atoms with Crippen LogP contribution in [0.3, 0.4) is 0 Å². The summed E-state index contributed by atoms with van der Waals surface area (Å²) >= 11 is 12.2. The summed E-state index contributed by atoms with van der Waals surface area (Å²) in [4.78, 5) is 73.9. The van der Waals surface area contributed by atoms with Crippen molar-refractivity contribution in [3.05, 3.63) is 202 Å². The summed E-state index contributed by atoms with van der Waals surface area (Å²) in [6.45, 7) is 24.8. The van der Waals surface area contributed by atoms with Gasteiger partial charge in [-0.15, -0.1) is 0 Å². The maximum absolute atomic E-state index is 12.4. The number of pyridine rings is 2. The monoisotopic (exact) mass is 1590 g/mol. The van der Waals surface area contributed by atoms with Crippen molar-refractivity contribution in [3.63, 3.8) is 0 Å². The van der Waals surface area contributed by atoms with Crippen molar-refractivity contribution in [3.8, 4) is 0 Å². The zero-order valence-electron chi connectivity index (χ0n) is 55.7. The molecule has 6 aromatic rings. The van der Waals surface area contributed by atoms with Crippen LogP contribution in [-0.4, -0.2) is 89.9 Å². The number of amides is 2. The van der Waals surface area contributed by atoms with E-state index < -0.39 is 33.2 Å². The van der Waals surface area contributed by atoms with Crippen molar-refractivity contribution in [1.82, 2.24) is 9.88 Å². The maximum Gasteiger partial charge on any atom is 0.356 e. The van der Waals surface area contributed by atoms with Crippen molar-refractivity contribution in [2.24, 2.45) is 29.4 Å². The fraction of sp³-hybridized carbons (Fsp3) is 0.429. The molecule has 0 bridgehead atoms. The number of aromatic nitrogens is 2. The Morgan fingerprint density at radius 1 is 0.548 bits per heavy atom. The summed E-state index contributed by atoms with van der Waals surface area (Å²) in [6.07, 6.45) is 10.7. The standard InChI is InChI=1S/C22H29N2O3.C14H19ClO2.C14H19IO2.C13H18O2.C6H6N2O.CH2Cl2O3S.HI/c1-16(2)13-18-8-10-19(11-9-18)17(3)22(26)27-15-24-12-6-7-20(14-24)21(25)23(4)5;2*1-10(2)8-12-4-6-13(7-5-12)11(3)14(16)17-9-15;1-9(2)8-11-4-6-12(7-5-11)10(3)13(14)15;7-6(9)5-2-1-3-8-4-5;2-1-6-7(3,4)5;/h6-12,14,16-17H,13,15H2,1-5H3;2*4-7,10-11H,8-9H2,1-3H3;4-7,9-10H,8H2,1-3H3,(H,14,15);1-4H,(H2,7,9);1H2;1H/q+1;;;;;;/p-1. The number of nitrogens with zero attached hydrogens (tertiary/aromatic N) is 3. The molecule has 512 valence electrons. The minimum Gasteiger partial charge on any atom is -1.00 e. The Bertz CT molecular complexity index is 3180. The predicted molar refractivity (Wildman–Crippen MR) is 373 cm³/mol. The first-order valence-electron chi connectivity index (χ1n) is 30.0. The van der Waals surface area contributed by atoms with Crippen LogP contribution < -0.4 is 34.3 Å². The number of carbonyl (C=O) groups excluding carboxylic acids is 5. The number of benzene rings is 4. The fourth-order valence-corrected chi connectivity index (χ4v) is 9.52. The van der Waals surface area contributed by atoms with E-state index in [9.17, 15) is 37.2 Å². The molecule has 4 unspecified atom stereocenters. The van der Waals surface area contributed by atoms with Gasteiger partial charge >= 0.3 is 33.2 Å². The second-order valence-electron chi connectivity index (χ2n) is 23.4. The zero-order chi connectivity index (χ0) is 69.7. The second-order valence-corrected chi connectivity index (χ2v) is 26.6. The van der Waals surface area contributed by atoms with Gasteiger partial charge in [0.15, 0.2) is 18.5 Å². The number of hydrogen-bond donors (Lipinski definition) is 2. The highest BCUT2D eigenvalue weighted by molar-refractivity contribution is 14.1. The highest BCUT2D eigenvalue weighted by Crippen LogP contribution is 2.23. The maximum atomic E-state index is 12.4. The number of ether oxygens (including phenoxy) is 3. The lowest BCUT2D eigenvalue weighted by molar-refractivity contribution is -0.727. The van der Waals surface area contributed by atoms with E-state index in [2.05, 4.69) is 112 Å². The number of esters is 3. The molecule has 0 saturated carbocycles. The van der Waals surface area contributed by atoms with E-state index in [0.717, 1.165) is 47.9 Å². The minimum absolute atomic E-state index is 0. The average Bonchev–Trinajstić information content (AvgIpc) is 1.63. The molecular formula is C70H93Cl3I2N4O13S. The summed E-state index contributed by atoms with van der Waals surface area (Å²) in [5.74, 6) is -0.709. The fourth-order valence-electron chi connectivity index (χ4n) is 8.38. The molecule has 4 atom stereocenters. The first kappa shape index (κ1) is 87.2. The largest absolute Gasteiger partial charge is 1.00 e. The molecule has 0 spiro atoms. The lowest BCUT2D eigenvalue weighted by atomic mass is 9.97. The van der Waals surface area contributed by atoms with Crippen molar-refractivity contribution >= 4 is 101 Å². The number of nitrogens with two attached hydrogens (primary N) is 1. The summed E-state index contributed by atoms with van der Waals surface area (Å²) in [6, 6.07) is 38.6. The van der Waals surface area contributed by atoms with E-state index >= 15 is 0 Å². The number of carboxylic acids is 1. The van der Waals surface area contributed by atoms with Crippen molar-refractivity contribution in [1.29, 1.82) is 0 Å². The van der Waals surface area contributed by atoms with Gasteiger partial charge < -0.3 is 53.9 Å². The van der Waals surface area contributed by atoms with Gasteiger partial charge in [0.1, 0.15) is 16.2 Å². The zero-order valence-corrected chi connectivity index (χ0v) is 63.1. The molecule has 6 rings (SSSR count). The number of halogens is 5. The number of alkyl halides is 3. The molecule has 0 aliphatic rings. The number of primary amides is 1. The van der Waals surface area contributed by atoms with Gasteiger partial charge in [0, 0.05) is 43.2 Å². The van der Waals surface area contributed by atoms with Crippen LogP contribution in [0.2, 0.25) is 0 Å². The third kappa shape index (κ3) is 37.8. The van der Waals surface area contributed by atoms with Crippen LogP contribution >= 0.6 is 56.5 Å². The number of rotatable bonds is 24. The van der Waals surface area contributed by atoms with Crippen LogP contribution in [0.4, 0.5) is 0 Å². The molecule has 2 heterocycles. The Morgan fingerprint density at radius 3 is 1.17 bits per heavy atom. The summed E-state index contributed by atoms with van der Waals surface area (Å²) in [7, 11) is 4.07. The SMILES string of the molecule is CC(C)Cc1ccc(C(C)C(=O)O)cc1.CC(C)Cc1ccc(C(C)C(=O)OCCl)cc1.CC(C)Cc1ccc(C(C)C(=O)OCI)cc1.CC(C)Cc1ccc(C(C)C(=O)OC[n+]2cccc(C(=O)N(C)C)c2)cc1.NC(=O)c1cccnc1.O=S(=O)(Cl)OCCl.[I-]. The van der Waals surface area contributed by atoms with Crippen molar-refractivity contribution in [2.75, 3.05) is 30.8 Å². The number of hydrogen-bond acceptors (Lipinski definition) is 13. The molecule has 0 aliphatic carbocycles. The third-order valence-corrected chi connectivity index (χ3v) is 14.6. The Balaban J connectivity index is 0.00000114. The van der Waals surface area contributed by atoms with E-state index in [1.807, 2.05) is 104 Å². The Labute approximate surface area is 597 Å². The first-order chi connectivity index (χ1) is 43.2. The Hall–Kier alpha value is -5.76. The summed E-state index contributed by atoms with van der Waals surface area (Å²) < 4.78 is 40.4. The smallest absolute Gasteiger partial charge is 0.356 e. The molecule has 2 aromatic heterocycles. The molecule has 23 heteroatoms. The van der Waals surface area contributed by atoms with Crippen LogP contribution in [0.5, 0.6) is 0 Å². The van der Waals surface area contributed by atoms with Gasteiger partial charge in [0.05, 0.1) is 29.2 Å². The van der Waals surface area contributed by atoms with Crippen LogP contribution in [0.15, 0.2) is 146 Å². The average molecular weight is 1590 g/mol. The van der Waals surface area contributed by atoms with Crippen LogP contribution in [-0.2, 0) is 79.3 Å². The second kappa shape index (κ2) is 47.2. The highest BCUT2D eigenvalue weighted by atomic mass is 127.